The van der Waals surface area contributed by atoms with Gasteiger partial charge >= 0.3 is 5.97 Å². The minimum Gasteiger partial charge on any atom is -0.494 e. The van der Waals surface area contributed by atoms with E-state index < -0.39 is 11.9 Å². The summed E-state index contributed by atoms with van der Waals surface area (Å²) in [4.78, 5) is 29.0. The van der Waals surface area contributed by atoms with Gasteiger partial charge in [-0.15, -0.1) is 0 Å². The van der Waals surface area contributed by atoms with Gasteiger partial charge < -0.3 is 18.8 Å². The van der Waals surface area contributed by atoms with E-state index in [1.54, 1.807) is 28.8 Å². The topological polar surface area (TPSA) is 79.1 Å². The first-order chi connectivity index (χ1) is 14.4. The van der Waals surface area contributed by atoms with Crippen LogP contribution < -0.4 is 14.3 Å². The fraction of sp³-hybridized carbons (Fsp3) is 0.318. The lowest BCUT2D eigenvalue weighted by molar-refractivity contribution is -0.141. The summed E-state index contributed by atoms with van der Waals surface area (Å²) in [6, 6.07) is 11.1. The summed E-state index contributed by atoms with van der Waals surface area (Å²) in [5.41, 5.74) is 3.06. The molecule has 0 fully saturated rings. The number of aryl methyl sites for hydroxylation is 2. The third-order valence-electron chi connectivity index (χ3n) is 4.53. The predicted molar refractivity (Wildman–Crippen MR) is 115 cm³/mol. The van der Waals surface area contributed by atoms with Gasteiger partial charge in [-0.1, -0.05) is 11.3 Å². The molecule has 0 radical (unpaired) electrons. The summed E-state index contributed by atoms with van der Waals surface area (Å²) >= 11 is 1.35. The monoisotopic (exact) mass is 428 g/mol. The first-order valence-electron chi connectivity index (χ1n) is 9.52. The second-order valence-electron chi connectivity index (χ2n) is 6.65. The minimum absolute atomic E-state index is 0.0230. The van der Waals surface area contributed by atoms with Crippen molar-refractivity contribution in [2.24, 2.45) is 4.99 Å². The van der Waals surface area contributed by atoms with Crippen LogP contribution >= 0.6 is 11.3 Å². The molecule has 0 aliphatic rings. The number of nitrogens with zero attached hydrogens (tertiary/aromatic N) is 2. The van der Waals surface area contributed by atoms with E-state index in [2.05, 4.69) is 4.99 Å². The average Bonchev–Trinajstić information content (AvgIpc) is 3.03. The number of esters is 1. The molecule has 0 bridgehead atoms. The van der Waals surface area contributed by atoms with Gasteiger partial charge in [-0.2, -0.15) is 4.99 Å². The largest absolute Gasteiger partial charge is 0.494 e. The second kappa shape index (κ2) is 9.58. The van der Waals surface area contributed by atoms with Crippen LogP contribution in [0.5, 0.6) is 11.5 Å². The van der Waals surface area contributed by atoms with Crippen LogP contribution in [0.4, 0.5) is 0 Å². The Kier molecular flexibility index (Phi) is 6.89. The summed E-state index contributed by atoms with van der Waals surface area (Å²) < 4.78 is 18.4. The van der Waals surface area contributed by atoms with Crippen molar-refractivity contribution >= 4 is 33.4 Å². The molecule has 7 nitrogen and oxygen atoms in total. The van der Waals surface area contributed by atoms with E-state index in [4.69, 9.17) is 14.2 Å². The van der Waals surface area contributed by atoms with Crippen molar-refractivity contribution in [3.63, 3.8) is 0 Å². The van der Waals surface area contributed by atoms with Gasteiger partial charge in [0.2, 0.25) is 0 Å². The molecule has 158 valence electrons. The number of hydrogen-bond donors (Lipinski definition) is 0. The van der Waals surface area contributed by atoms with Gasteiger partial charge in [0.1, 0.15) is 18.0 Å². The molecule has 0 saturated heterocycles. The van der Waals surface area contributed by atoms with Crippen molar-refractivity contribution < 1.29 is 23.8 Å². The van der Waals surface area contributed by atoms with E-state index in [9.17, 15) is 9.59 Å². The number of amides is 1. The van der Waals surface area contributed by atoms with Gasteiger partial charge in [0.25, 0.3) is 5.91 Å². The number of carbonyl (C=O) groups is 2. The Morgan fingerprint density at radius 2 is 1.67 bits per heavy atom. The lowest BCUT2D eigenvalue weighted by Gasteiger charge is -2.06. The van der Waals surface area contributed by atoms with Gasteiger partial charge in [-0.05, 0) is 68.3 Å². The molecule has 1 heterocycles. The molecule has 0 N–H and O–H groups in total. The maximum absolute atomic E-state index is 12.4. The van der Waals surface area contributed by atoms with E-state index in [-0.39, 0.29) is 13.2 Å². The number of aromatic nitrogens is 1. The molecule has 2 aromatic carbocycles. The normalized spacial score (nSPS) is 11.5. The Labute approximate surface area is 178 Å². The first-order valence-corrected chi connectivity index (χ1v) is 10.3. The van der Waals surface area contributed by atoms with Gasteiger partial charge in [0.15, 0.2) is 11.4 Å². The third-order valence-corrected chi connectivity index (χ3v) is 5.57. The lowest BCUT2D eigenvalue weighted by Crippen LogP contribution is -2.23. The van der Waals surface area contributed by atoms with Crippen LogP contribution in [0.2, 0.25) is 0 Å². The highest BCUT2D eigenvalue weighted by Crippen LogP contribution is 2.22. The number of hydrogen-bond acceptors (Lipinski definition) is 6. The molecule has 30 heavy (non-hydrogen) atoms. The third kappa shape index (κ3) is 5.07. The van der Waals surface area contributed by atoms with Crippen LogP contribution in [-0.4, -0.2) is 36.8 Å². The number of thiazole rings is 1. The van der Waals surface area contributed by atoms with Crippen LogP contribution in [0.3, 0.4) is 0 Å². The van der Waals surface area contributed by atoms with E-state index in [1.807, 2.05) is 32.9 Å². The highest BCUT2D eigenvalue weighted by Gasteiger charge is 2.13. The van der Waals surface area contributed by atoms with E-state index in [0.29, 0.717) is 17.2 Å². The number of methoxy groups -OCH3 is 1. The number of benzene rings is 2. The number of rotatable bonds is 7. The summed E-state index contributed by atoms with van der Waals surface area (Å²) in [7, 11) is 1.33. The van der Waals surface area contributed by atoms with Gasteiger partial charge in [0, 0.05) is 0 Å². The maximum Gasteiger partial charge on any atom is 0.325 e. The molecule has 0 aliphatic carbocycles. The zero-order valence-electron chi connectivity index (χ0n) is 17.4. The standard InChI is InChI=1S/C22H24N2O5S/c1-5-28-16-6-8-17(9-7-16)29-13-20(25)23-22-24(12-21(26)27-4)18-10-14(2)15(3)11-19(18)30-22/h6-11H,5,12-13H2,1-4H3. The van der Waals surface area contributed by atoms with Crippen molar-refractivity contribution in [1.82, 2.24) is 4.57 Å². The van der Waals surface area contributed by atoms with Crippen molar-refractivity contribution in [2.75, 3.05) is 20.3 Å². The quantitative estimate of drug-likeness (QED) is 0.539. The number of ether oxygens (including phenoxy) is 3. The molecule has 1 aromatic heterocycles. The van der Waals surface area contributed by atoms with Crippen LogP contribution in [0.1, 0.15) is 18.1 Å². The first kappa shape index (κ1) is 21.6. The molecule has 1 amide bonds. The fourth-order valence-electron chi connectivity index (χ4n) is 2.84. The zero-order chi connectivity index (χ0) is 21.7. The van der Waals surface area contributed by atoms with Crippen molar-refractivity contribution in [3.8, 4) is 11.5 Å². The van der Waals surface area contributed by atoms with Crippen LogP contribution in [-0.2, 0) is 20.9 Å². The minimum atomic E-state index is -0.442. The van der Waals surface area contributed by atoms with Crippen LogP contribution in [0.15, 0.2) is 41.4 Å². The predicted octanol–water partition coefficient (Wildman–Crippen LogP) is 3.40. The zero-order valence-corrected chi connectivity index (χ0v) is 18.2. The molecule has 0 saturated carbocycles. The number of carbonyl (C=O) groups excluding carboxylic acids is 2. The average molecular weight is 429 g/mol. The van der Waals surface area contributed by atoms with Crippen molar-refractivity contribution in [2.45, 2.75) is 27.3 Å². The fourth-order valence-corrected chi connectivity index (χ4v) is 3.96. The molecule has 3 aromatic rings. The van der Waals surface area contributed by atoms with E-state index in [0.717, 1.165) is 27.1 Å². The molecule has 8 heteroatoms. The molecule has 0 aliphatic heterocycles. The van der Waals surface area contributed by atoms with E-state index >= 15 is 0 Å². The second-order valence-corrected chi connectivity index (χ2v) is 7.66. The summed E-state index contributed by atoms with van der Waals surface area (Å²) in [6.45, 7) is 6.28. The number of fused-ring (bicyclic) bond motifs is 1. The summed E-state index contributed by atoms with van der Waals surface area (Å²) in [5, 5.41) is 0. The molecular weight excluding hydrogens is 404 g/mol. The van der Waals surface area contributed by atoms with Gasteiger partial charge in [-0.25, -0.2) is 0 Å². The smallest absolute Gasteiger partial charge is 0.325 e. The molecule has 0 spiro atoms. The SMILES string of the molecule is CCOc1ccc(OCC(=O)N=c2sc3cc(C)c(C)cc3n2CC(=O)OC)cc1. The Morgan fingerprint density at radius 1 is 1.03 bits per heavy atom. The van der Waals surface area contributed by atoms with Crippen LogP contribution in [0.25, 0.3) is 10.2 Å². The molecule has 0 atom stereocenters. The maximum atomic E-state index is 12.4. The Balaban J connectivity index is 1.85. The van der Waals surface area contributed by atoms with Crippen LogP contribution in [0, 0.1) is 13.8 Å². The summed E-state index contributed by atoms with van der Waals surface area (Å²) in [6.07, 6.45) is 0. The van der Waals surface area contributed by atoms with Crippen molar-refractivity contribution in [1.29, 1.82) is 0 Å². The van der Waals surface area contributed by atoms with Gasteiger partial charge in [0.05, 0.1) is 23.9 Å². The highest BCUT2D eigenvalue weighted by atomic mass is 32.1. The highest BCUT2D eigenvalue weighted by molar-refractivity contribution is 7.16. The molecular formula is C22H24N2O5S. The Bertz CT molecular complexity index is 1130. The van der Waals surface area contributed by atoms with Crippen molar-refractivity contribution in [3.05, 3.63) is 52.3 Å². The molecule has 3 rings (SSSR count). The Morgan fingerprint density at radius 3 is 2.30 bits per heavy atom. The van der Waals surface area contributed by atoms with E-state index in [1.165, 1.54) is 18.4 Å². The lowest BCUT2D eigenvalue weighted by atomic mass is 10.1. The molecule has 0 unspecified atom stereocenters. The van der Waals surface area contributed by atoms with Gasteiger partial charge in [-0.3, -0.25) is 9.59 Å². The Hall–Kier alpha value is -3.13. The summed E-state index contributed by atoms with van der Waals surface area (Å²) in [5.74, 6) is 0.433.